The SMILES string of the molecule is CC(C)(C)C1(O)c2ccccc2Oc2ccccc21. The van der Waals surface area contributed by atoms with Crippen molar-refractivity contribution in [2.24, 2.45) is 5.41 Å². The fourth-order valence-corrected chi connectivity index (χ4v) is 2.78. The molecule has 0 radical (unpaired) electrons. The molecular formula is C17H18O2. The van der Waals surface area contributed by atoms with Crippen LogP contribution in [-0.2, 0) is 5.60 Å². The highest BCUT2D eigenvalue weighted by Gasteiger charge is 2.48. The summed E-state index contributed by atoms with van der Waals surface area (Å²) in [6, 6.07) is 15.4. The van der Waals surface area contributed by atoms with E-state index in [1.807, 2.05) is 69.3 Å². The first-order valence-corrected chi connectivity index (χ1v) is 6.54. The standard InChI is InChI=1S/C17H18O2/c1-16(2,3)17(18)12-8-4-6-10-14(12)19-15-11-7-5-9-13(15)17/h4-11,18H,1-3H3. The molecule has 1 aliphatic rings. The van der Waals surface area contributed by atoms with E-state index < -0.39 is 5.60 Å². The molecule has 1 heterocycles. The molecule has 2 nitrogen and oxygen atoms in total. The molecule has 1 aliphatic heterocycles. The maximum absolute atomic E-state index is 11.4. The van der Waals surface area contributed by atoms with E-state index in [0.29, 0.717) is 0 Å². The summed E-state index contributed by atoms with van der Waals surface area (Å²) >= 11 is 0. The fourth-order valence-electron chi connectivity index (χ4n) is 2.78. The van der Waals surface area contributed by atoms with Crippen molar-refractivity contribution >= 4 is 0 Å². The lowest BCUT2D eigenvalue weighted by molar-refractivity contribution is -0.0331. The van der Waals surface area contributed by atoms with Crippen molar-refractivity contribution in [1.29, 1.82) is 0 Å². The summed E-state index contributed by atoms with van der Waals surface area (Å²) in [6.45, 7) is 6.14. The molecule has 2 heteroatoms. The van der Waals surface area contributed by atoms with E-state index in [1.165, 1.54) is 0 Å². The normalized spacial score (nSPS) is 16.2. The average Bonchev–Trinajstić information content (AvgIpc) is 2.38. The summed E-state index contributed by atoms with van der Waals surface area (Å²) in [7, 11) is 0. The van der Waals surface area contributed by atoms with E-state index in [0.717, 1.165) is 22.6 Å². The number of hydrogen-bond acceptors (Lipinski definition) is 2. The van der Waals surface area contributed by atoms with Crippen LogP contribution >= 0.6 is 0 Å². The van der Waals surface area contributed by atoms with Gasteiger partial charge in [0.25, 0.3) is 0 Å². The number of rotatable bonds is 0. The number of para-hydroxylation sites is 2. The van der Waals surface area contributed by atoms with Gasteiger partial charge < -0.3 is 9.84 Å². The molecule has 0 unspecified atom stereocenters. The topological polar surface area (TPSA) is 29.5 Å². The molecule has 2 aromatic carbocycles. The quantitative estimate of drug-likeness (QED) is 0.767. The van der Waals surface area contributed by atoms with Crippen LogP contribution in [0.4, 0.5) is 0 Å². The lowest BCUT2D eigenvalue weighted by Crippen LogP contribution is -2.43. The van der Waals surface area contributed by atoms with Crippen molar-refractivity contribution in [1.82, 2.24) is 0 Å². The van der Waals surface area contributed by atoms with E-state index >= 15 is 0 Å². The van der Waals surface area contributed by atoms with E-state index in [1.54, 1.807) is 0 Å². The summed E-state index contributed by atoms with van der Waals surface area (Å²) in [5.41, 5.74) is 0.295. The smallest absolute Gasteiger partial charge is 0.133 e. The molecule has 0 atom stereocenters. The Bertz CT molecular complexity index is 578. The first kappa shape index (κ1) is 12.2. The Hall–Kier alpha value is -1.80. The minimum atomic E-state index is -1.04. The third-order valence-corrected chi connectivity index (χ3v) is 3.86. The summed E-state index contributed by atoms with van der Waals surface area (Å²) in [5, 5.41) is 11.4. The molecule has 0 aromatic heterocycles. The summed E-state index contributed by atoms with van der Waals surface area (Å²) in [6.07, 6.45) is 0. The molecule has 98 valence electrons. The zero-order chi connectivity index (χ0) is 13.7. The average molecular weight is 254 g/mol. The van der Waals surface area contributed by atoms with Gasteiger partial charge in [0, 0.05) is 11.1 Å². The third kappa shape index (κ3) is 1.60. The van der Waals surface area contributed by atoms with Crippen molar-refractivity contribution in [3.8, 4) is 11.5 Å². The highest BCUT2D eigenvalue weighted by atomic mass is 16.5. The molecule has 1 N–H and O–H groups in total. The Kier molecular flexibility index (Phi) is 2.48. The first-order chi connectivity index (χ1) is 8.94. The van der Waals surface area contributed by atoms with E-state index in [4.69, 9.17) is 4.74 Å². The second-order valence-electron chi connectivity index (χ2n) is 6.05. The van der Waals surface area contributed by atoms with Crippen LogP contribution in [0.1, 0.15) is 31.9 Å². The molecule has 0 spiro atoms. The van der Waals surface area contributed by atoms with E-state index in [2.05, 4.69) is 0 Å². The maximum atomic E-state index is 11.4. The number of hydrogen-bond donors (Lipinski definition) is 1. The predicted octanol–water partition coefficient (Wildman–Crippen LogP) is 4.07. The molecule has 0 fully saturated rings. The molecule has 0 amide bonds. The van der Waals surface area contributed by atoms with E-state index in [9.17, 15) is 5.11 Å². The van der Waals surface area contributed by atoms with Crippen molar-refractivity contribution in [2.45, 2.75) is 26.4 Å². The Morgan fingerprint density at radius 1 is 0.842 bits per heavy atom. The van der Waals surface area contributed by atoms with Crippen LogP contribution in [0.3, 0.4) is 0 Å². The molecule has 0 saturated heterocycles. The van der Waals surface area contributed by atoms with Crippen LogP contribution in [0.25, 0.3) is 0 Å². The molecule has 2 aromatic rings. The van der Waals surface area contributed by atoms with Gasteiger partial charge in [-0.15, -0.1) is 0 Å². The molecular weight excluding hydrogens is 236 g/mol. The van der Waals surface area contributed by atoms with Gasteiger partial charge in [0.1, 0.15) is 17.1 Å². The van der Waals surface area contributed by atoms with Crippen LogP contribution in [0.2, 0.25) is 0 Å². The second kappa shape index (κ2) is 3.84. The van der Waals surface area contributed by atoms with Gasteiger partial charge in [0.15, 0.2) is 0 Å². The van der Waals surface area contributed by atoms with Gasteiger partial charge in [-0.25, -0.2) is 0 Å². The minimum Gasteiger partial charge on any atom is -0.457 e. The molecule has 0 bridgehead atoms. The lowest BCUT2D eigenvalue weighted by atomic mass is 9.67. The van der Waals surface area contributed by atoms with Crippen molar-refractivity contribution in [3.63, 3.8) is 0 Å². The van der Waals surface area contributed by atoms with Crippen LogP contribution in [-0.4, -0.2) is 5.11 Å². The molecule has 19 heavy (non-hydrogen) atoms. The minimum absolute atomic E-state index is 0.330. The Morgan fingerprint density at radius 2 is 1.26 bits per heavy atom. The zero-order valence-electron chi connectivity index (χ0n) is 11.5. The zero-order valence-corrected chi connectivity index (χ0v) is 11.5. The summed E-state index contributed by atoms with van der Waals surface area (Å²) < 4.78 is 5.91. The van der Waals surface area contributed by atoms with E-state index in [-0.39, 0.29) is 5.41 Å². The van der Waals surface area contributed by atoms with Gasteiger partial charge in [-0.3, -0.25) is 0 Å². The van der Waals surface area contributed by atoms with Gasteiger partial charge in [-0.2, -0.15) is 0 Å². The van der Waals surface area contributed by atoms with Crippen molar-refractivity contribution in [2.75, 3.05) is 0 Å². The number of benzene rings is 2. The largest absolute Gasteiger partial charge is 0.457 e. The number of ether oxygens (including phenoxy) is 1. The highest BCUT2D eigenvalue weighted by Crippen LogP contribution is 2.54. The highest BCUT2D eigenvalue weighted by molar-refractivity contribution is 5.56. The van der Waals surface area contributed by atoms with Crippen LogP contribution in [0.5, 0.6) is 11.5 Å². The van der Waals surface area contributed by atoms with Gasteiger partial charge >= 0.3 is 0 Å². The maximum Gasteiger partial charge on any atom is 0.133 e. The lowest BCUT2D eigenvalue weighted by Gasteiger charge is -2.44. The Labute approximate surface area is 113 Å². The predicted molar refractivity (Wildman–Crippen MR) is 75.4 cm³/mol. The van der Waals surface area contributed by atoms with Crippen molar-refractivity contribution < 1.29 is 9.84 Å². The summed E-state index contributed by atoms with van der Waals surface area (Å²) in [5.74, 6) is 1.47. The van der Waals surface area contributed by atoms with Gasteiger partial charge in [0.05, 0.1) is 0 Å². The van der Waals surface area contributed by atoms with Crippen LogP contribution < -0.4 is 4.74 Å². The summed E-state index contributed by atoms with van der Waals surface area (Å²) in [4.78, 5) is 0. The third-order valence-electron chi connectivity index (χ3n) is 3.86. The monoisotopic (exact) mass is 254 g/mol. The molecule has 0 aliphatic carbocycles. The van der Waals surface area contributed by atoms with Crippen LogP contribution in [0.15, 0.2) is 48.5 Å². The van der Waals surface area contributed by atoms with Crippen molar-refractivity contribution in [3.05, 3.63) is 59.7 Å². The van der Waals surface area contributed by atoms with Gasteiger partial charge in [0.2, 0.25) is 0 Å². The van der Waals surface area contributed by atoms with Gasteiger partial charge in [-0.05, 0) is 17.5 Å². The van der Waals surface area contributed by atoms with Crippen LogP contribution in [0, 0.1) is 5.41 Å². The van der Waals surface area contributed by atoms with Gasteiger partial charge in [-0.1, -0.05) is 57.2 Å². The molecule has 0 saturated carbocycles. The Balaban J connectivity index is 2.35. The number of fused-ring (bicyclic) bond motifs is 2. The molecule has 3 rings (SSSR count). The first-order valence-electron chi connectivity index (χ1n) is 6.54. The number of aliphatic hydroxyl groups is 1. The fraction of sp³-hybridized carbons (Fsp3) is 0.294. The Morgan fingerprint density at radius 3 is 1.68 bits per heavy atom. The second-order valence-corrected chi connectivity index (χ2v) is 6.05.